The summed E-state index contributed by atoms with van der Waals surface area (Å²) in [4.78, 5) is -0.327. The molecule has 0 saturated carbocycles. The molecule has 10 heteroatoms. The zero-order chi connectivity index (χ0) is 16.6. The van der Waals surface area contributed by atoms with E-state index in [1.807, 2.05) is 0 Å². The molecule has 6 nitrogen and oxygen atoms in total. The predicted octanol–water partition coefficient (Wildman–Crippen LogP) is 1.46. The molecule has 0 aliphatic rings. The standard InChI is InChI=1S/C11H14F2O6S2/c1-7-4-8(2)10(9(3)5-7)20(14,15)19-6-11(12,13)21(16,17)18/h4-5H,6H2,1-3H3,(H,16,17,18)/p-1. The van der Waals surface area contributed by atoms with E-state index in [-0.39, 0.29) is 16.0 Å². The summed E-state index contributed by atoms with van der Waals surface area (Å²) in [5.74, 6) is 0. The third-order valence-electron chi connectivity index (χ3n) is 2.60. The summed E-state index contributed by atoms with van der Waals surface area (Å²) in [6, 6.07) is 3.01. The highest BCUT2D eigenvalue weighted by atomic mass is 32.2. The van der Waals surface area contributed by atoms with Crippen LogP contribution in [0.25, 0.3) is 0 Å². The fourth-order valence-electron chi connectivity index (χ4n) is 1.84. The van der Waals surface area contributed by atoms with Gasteiger partial charge < -0.3 is 4.55 Å². The fraction of sp³-hybridized carbons (Fsp3) is 0.455. The second-order valence-corrected chi connectivity index (χ2v) is 7.59. The van der Waals surface area contributed by atoms with Crippen LogP contribution in [0, 0.1) is 20.8 Å². The van der Waals surface area contributed by atoms with Crippen LogP contribution < -0.4 is 0 Å². The van der Waals surface area contributed by atoms with Crippen molar-refractivity contribution in [3.63, 3.8) is 0 Å². The van der Waals surface area contributed by atoms with E-state index in [1.165, 1.54) is 26.0 Å². The molecule has 0 heterocycles. The molecule has 1 rings (SSSR count). The van der Waals surface area contributed by atoms with Gasteiger partial charge in [0.25, 0.3) is 10.1 Å². The first kappa shape index (κ1) is 18.0. The van der Waals surface area contributed by atoms with Crippen molar-refractivity contribution in [2.45, 2.75) is 30.9 Å². The van der Waals surface area contributed by atoms with Crippen molar-refractivity contribution in [3.05, 3.63) is 28.8 Å². The van der Waals surface area contributed by atoms with Crippen molar-refractivity contribution in [1.29, 1.82) is 0 Å². The average Bonchev–Trinajstić information content (AvgIpc) is 2.23. The number of alkyl halides is 2. The maximum absolute atomic E-state index is 13.0. The molecule has 0 spiro atoms. The molecular weight excluding hydrogens is 330 g/mol. The van der Waals surface area contributed by atoms with Crippen LogP contribution in [0.1, 0.15) is 16.7 Å². The largest absolute Gasteiger partial charge is 0.743 e. The van der Waals surface area contributed by atoms with Crippen molar-refractivity contribution in [2.24, 2.45) is 0 Å². The summed E-state index contributed by atoms with van der Waals surface area (Å²) in [5, 5.41) is -4.83. The molecule has 0 aliphatic heterocycles. The van der Waals surface area contributed by atoms with E-state index in [2.05, 4.69) is 4.18 Å². The summed E-state index contributed by atoms with van der Waals surface area (Å²) in [5.41, 5.74) is 1.29. The molecule has 0 saturated heterocycles. The number of benzene rings is 1. The third-order valence-corrected chi connectivity index (χ3v) is 5.02. The highest BCUT2D eigenvalue weighted by Gasteiger charge is 2.40. The van der Waals surface area contributed by atoms with Crippen LogP contribution in [0.3, 0.4) is 0 Å². The SMILES string of the molecule is Cc1cc(C)c(S(=O)(=O)OCC(F)(F)S(=O)(=O)[O-])c(C)c1. The van der Waals surface area contributed by atoms with Gasteiger partial charge in [0.2, 0.25) is 0 Å². The molecule has 1 aromatic carbocycles. The van der Waals surface area contributed by atoms with Gasteiger partial charge >= 0.3 is 5.25 Å². The van der Waals surface area contributed by atoms with Gasteiger partial charge in [-0.05, 0) is 31.9 Å². The molecule has 0 amide bonds. The summed E-state index contributed by atoms with van der Waals surface area (Å²) in [6.45, 7) is 2.54. The Morgan fingerprint density at radius 1 is 1.10 bits per heavy atom. The molecule has 120 valence electrons. The normalized spacial score (nSPS) is 13.4. The predicted molar refractivity (Wildman–Crippen MR) is 68.4 cm³/mol. The van der Waals surface area contributed by atoms with Gasteiger partial charge in [-0.15, -0.1) is 0 Å². The zero-order valence-electron chi connectivity index (χ0n) is 11.4. The molecule has 0 aromatic heterocycles. The smallest absolute Gasteiger partial charge is 0.358 e. The van der Waals surface area contributed by atoms with Crippen LogP contribution in [-0.2, 0) is 24.4 Å². The van der Waals surface area contributed by atoms with Crippen LogP contribution in [0.4, 0.5) is 8.78 Å². The van der Waals surface area contributed by atoms with E-state index in [9.17, 15) is 30.2 Å². The first-order valence-electron chi connectivity index (χ1n) is 5.58. The zero-order valence-corrected chi connectivity index (χ0v) is 13.0. The molecule has 0 atom stereocenters. The number of rotatable bonds is 5. The second kappa shape index (κ2) is 5.59. The Labute approximate surface area is 121 Å². The number of aryl methyl sites for hydroxylation is 3. The minimum absolute atomic E-state index is 0.265. The molecule has 0 unspecified atom stereocenters. The summed E-state index contributed by atoms with van der Waals surface area (Å²) in [6.07, 6.45) is 0. The molecule has 0 radical (unpaired) electrons. The Bertz CT molecular complexity index is 730. The molecule has 0 fully saturated rings. The maximum Gasteiger partial charge on any atom is 0.358 e. The van der Waals surface area contributed by atoms with Crippen molar-refractivity contribution in [3.8, 4) is 0 Å². The van der Waals surface area contributed by atoms with Crippen LogP contribution in [0.2, 0.25) is 0 Å². The van der Waals surface area contributed by atoms with Crippen molar-refractivity contribution >= 4 is 20.2 Å². The van der Waals surface area contributed by atoms with Gasteiger partial charge in [0.15, 0.2) is 10.1 Å². The van der Waals surface area contributed by atoms with Gasteiger partial charge in [-0.3, -0.25) is 4.18 Å². The Morgan fingerprint density at radius 2 is 1.52 bits per heavy atom. The topological polar surface area (TPSA) is 101 Å². The molecule has 1 aromatic rings. The molecule has 0 aliphatic carbocycles. The van der Waals surface area contributed by atoms with E-state index in [0.717, 1.165) is 5.56 Å². The molecule has 21 heavy (non-hydrogen) atoms. The Balaban J connectivity index is 3.16. The lowest BCUT2D eigenvalue weighted by Gasteiger charge is -2.20. The van der Waals surface area contributed by atoms with Gasteiger partial charge in [0.1, 0.15) is 6.61 Å². The molecular formula is C11H13F2O6S2-. The number of hydrogen-bond donors (Lipinski definition) is 0. The van der Waals surface area contributed by atoms with Gasteiger partial charge in [-0.25, -0.2) is 8.42 Å². The van der Waals surface area contributed by atoms with E-state index >= 15 is 0 Å². The fourth-order valence-corrected chi connectivity index (χ4v) is 3.44. The Hall–Kier alpha value is -1.10. The lowest BCUT2D eigenvalue weighted by atomic mass is 10.1. The van der Waals surface area contributed by atoms with Crippen LogP contribution in [0.15, 0.2) is 17.0 Å². The minimum atomic E-state index is -6.01. The maximum atomic E-state index is 13.0. The van der Waals surface area contributed by atoms with E-state index in [0.29, 0.717) is 0 Å². The van der Waals surface area contributed by atoms with Gasteiger partial charge in [0.05, 0.1) is 4.90 Å². The van der Waals surface area contributed by atoms with Gasteiger partial charge in [0, 0.05) is 0 Å². The minimum Gasteiger partial charge on any atom is -0.743 e. The highest BCUT2D eigenvalue weighted by molar-refractivity contribution is 7.87. The lowest BCUT2D eigenvalue weighted by molar-refractivity contribution is 0.0302. The van der Waals surface area contributed by atoms with Crippen molar-refractivity contribution in [2.75, 3.05) is 6.61 Å². The van der Waals surface area contributed by atoms with Crippen LogP contribution >= 0.6 is 0 Å². The molecule has 0 bridgehead atoms. The first-order valence-corrected chi connectivity index (χ1v) is 8.40. The van der Waals surface area contributed by atoms with Gasteiger partial charge in [-0.1, -0.05) is 17.7 Å². The van der Waals surface area contributed by atoms with Gasteiger partial charge in [-0.2, -0.15) is 17.2 Å². The second-order valence-electron chi connectivity index (χ2n) is 4.54. The summed E-state index contributed by atoms with van der Waals surface area (Å²) >= 11 is 0. The lowest BCUT2D eigenvalue weighted by Crippen LogP contribution is -2.35. The summed E-state index contributed by atoms with van der Waals surface area (Å²) < 4.78 is 84.7. The van der Waals surface area contributed by atoms with Crippen LogP contribution in [0.5, 0.6) is 0 Å². The third kappa shape index (κ3) is 3.96. The first-order chi connectivity index (χ1) is 9.28. The average molecular weight is 343 g/mol. The number of hydrogen-bond acceptors (Lipinski definition) is 6. The monoisotopic (exact) mass is 343 g/mol. The van der Waals surface area contributed by atoms with Crippen LogP contribution in [-0.4, -0.2) is 33.2 Å². The van der Waals surface area contributed by atoms with E-state index < -0.39 is 32.1 Å². The Morgan fingerprint density at radius 3 is 1.90 bits per heavy atom. The van der Waals surface area contributed by atoms with Crippen molar-refractivity contribution < 1.29 is 34.4 Å². The van der Waals surface area contributed by atoms with Crippen molar-refractivity contribution in [1.82, 2.24) is 0 Å². The highest BCUT2D eigenvalue weighted by Crippen LogP contribution is 2.27. The Kier molecular flexibility index (Phi) is 4.78. The number of halogens is 2. The summed E-state index contributed by atoms with van der Waals surface area (Å²) in [7, 11) is -10.6. The quantitative estimate of drug-likeness (QED) is 0.592. The van der Waals surface area contributed by atoms with E-state index in [4.69, 9.17) is 0 Å². The molecule has 0 N–H and O–H groups in total. The van der Waals surface area contributed by atoms with E-state index in [1.54, 1.807) is 6.92 Å².